The van der Waals surface area contributed by atoms with Crippen molar-refractivity contribution in [2.45, 2.75) is 6.54 Å². The van der Waals surface area contributed by atoms with E-state index < -0.39 is 5.82 Å². The maximum Gasteiger partial charge on any atom is 0.146 e. The summed E-state index contributed by atoms with van der Waals surface area (Å²) < 4.78 is 14.3. The molecule has 8 heteroatoms. The van der Waals surface area contributed by atoms with E-state index in [0.717, 1.165) is 5.56 Å². The van der Waals surface area contributed by atoms with E-state index in [9.17, 15) is 4.39 Å². The quantitative estimate of drug-likeness (QED) is 0.345. The van der Waals surface area contributed by atoms with Crippen molar-refractivity contribution in [3.05, 3.63) is 102 Å². The lowest BCUT2D eigenvalue weighted by Crippen LogP contribution is -2.30. The number of hydrogen-bond donors (Lipinski definition) is 3. The second-order valence-corrected chi connectivity index (χ2v) is 7.37. The molecule has 0 radical (unpaired) electrons. The van der Waals surface area contributed by atoms with Crippen LogP contribution in [0.5, 0.6) is 0 Å². The van der Waals surface area contributed by atoms with Crippen LogP contribution in [0.4, 0.5) is 10.1 Å². The molecule has 1 aliphatic heterocycles. The van der Waals surface area contributed by atoms with Gasteiger partial charge >= 0.3 is 0 Å². The molecule has 0 saturated carbocycles. The van der Waals surface area contributed by atoms with Crippen LogP contribution in [0.3, 0.4) is 0 Å². The molecule has 0 amide bonds. The van der Waals surface area contributed by atoms with Crippen molar-refractivity contribution in [1.82, 2.24) is 10.2 Å². The summed E-state index contributed by atoms with van der Waals surface area (Å²) in [4.78, 5) is 6.58. The highest BCUT2D eigenvalue weighted by Gasteiger charge is 2.26. The molecular formula is C23H21FN6S. The fraction of sp³-hybridized carbons (Fsp3) is 0.0870. The minimum atomic E-state index is -0.429. The zero-order valence-corrected chi connectivity index (χ0v) is 17.9. The van der Waals surface area contributed by atoms with Crippen molar-refractivity contribution in [2.24, 2.45) is 10.7 Å². The number of nitrogens with zero attached hydrogens (tertiary/aromatic N) is 3. The van der Waals surface area contributed by atoms with Crippen molar-refractivity contribution in [2.75, 3.05) is 12.4 Å². The number of benzene rings is 1. The molecule has 6 nitrogen and oxygen atoms in total. The maximum atomic E-state index is 14.3. The first-order valence-corrected chi connectivity index (χ1v) is 9.59. The SMILES string of the molecule is C=C(C#N)C1=CC(C(=C)NCc2ccc(F)c(NC3=C(N)C(=C)C3=S)c2)=NC(=C)N1C. The van der Waals surface area contributed by atoms with Gasteiger partial charge in [-0.3, -0.25) is 0 Å². The van der Waals surface area contributed by atoms with Gasteiger partial charge in [0.15, 0.2) is 0 Å². The van der Waals surface area contributed by atoms with Crippen LogP contribution >= 0.6 is 12.2 Å². The van der Waals surface area contributed by atoms with Crippen molar-refractivity contribution < 1.29 is 4.39 Å². The van der Waals surface area contributed by atoms with Crippen LogP contribution in [-0.2, 0) is 6.54 Å². The molecule has 0 unspecified atom stereocenters. The minimum absolute atomic E-state index is 0.259. The Balaban J connectivity index is 1.73. The summed E-state index contributed by atoms with van der Waals surface area (Å²) in [7, 11) is 1.76. The van der Waals surface area contributed by atoms with Gasteiger partial charge in [0.25, 0.3) is 0 Å². The van der Waals surface area contributed by atoms with Gasteiger partial charge in [-0.05, 0) is 23.8 Å². The first kappa shape index (κ1) is 21.7. The molecule has 1 aromatic rings. The predicted octanol–water partition coefficient (Wildman–Crippen LogP) is 3.77. The number of halogens is 1. The third-order valence-electron chi connectivity index (χ3n) is 4.92. The van der Waals surface area contributed by atoms with E-state index >= 15 is 0 Å². The van der Waals surface area contributed by atoms with E-state index in [2.05, 4.69) is 41.9 Å². The topological polar surface area (TPSA) is 89.5 Å². The van der Waals surface area contributed by atoms with E-state index in [1.807, 2.05) is 6.07 Å². The summed E-state index contributed by atoms with van der Waals surface area (Å²) in [6.45, 7) is 15.8. The predicted molar refractivity (Wildman–Crippen MR) is 126 cm³/mol. The number of hydrogen-bond acceptors (Lipinski definition) is 7. The maximum absolute atomic E-state index is 14.3. The zero-order valence-electron chi connectivity index (χ0n) is 17.1. The van der Waals surface area contributed by atoms with Crippen molar-refractivity contribution >= 4 is 28.5 Å². The average molecular weight is 433 g/mol. The Morgan fingerprint density at radius 2 is 2.06 bits per heavy atom. The zero-order chi connectivity index (χ0) is 22.9. The number of nitrogens with one attached hydrogen (secondary N) is 2. The molecule has 0 spiro atoms. The Kier molecular flexibility index (Phi) is 5.90. The van der Waals surface area contributed by atoms with Crippen LogP contribution in [0, 0.1) is 17.1 Å². The summed E-state index contributed by atoms with van der Waals surface area (Å²) in [5.41, 5.74) is 10.4. The lowest BCUT2D eigenvalue weighted by atomic mass is 9.95. The summed E-state index contributed by atoms with van der Waals surface area (Å²) in [5.74, 6) is 0.0332. The average Bonchev–Trinajstić information content (AvgIpc) is 2.77. The second kappa shape index (κ2) is 8.42. The molecule has 0 bridgehead atoms. The summed E-state index contributed by atoms with van der Waals surface area (Å²) in [5, 5.41) is 15.3. The summed E-state index contributed by atoms with van der Waals surface area (Å²) >= 11 is 5.19. The Bertz CT molecular complexity index is 1190. The molecule has 156 valence electrons. The third-order valence-corrected chi connectivity index (χ3v) is 5.37. The monoisotopic (exact) mass is 432 g/mol. The number of likely N-dealkylation sites (N-methyl/N-ethyl adjacent to an activating group) is 1. The van der Waals surface area contributed by atoms with Gasteiger partial charge in [0.2, 0.25) is 0 Å². The molecule has 2 aliphatic rings. The van der Waals surface area contributed by atoms with Crippen LogP contribution in [0.15, 0.2) is 95.3 Å². The van der Waals surface area contributed by atoms with Gasteiger partial charge in [-0.1, -0.05) is 44.6 Å². The fourth-order valence-electron chi connectivity index (χ4n) is 2.93. The molecule has 0 aromatic heterocycles. The lowest BCUT2D eigenvalue weighted by Gasteiger charge is -2.27. The second-order valence-electron chi connectivity index (χ2n) is 6.96. The number of anilines is 1. The molecule has 3 rings (SSSR count). The van der Waals surface area contributed by atoms with Crippen molar-refractivity contribution in [3.8, 4) is 6.07 Å². The van der Waals surface area contributed by atoms with Gasteiger partial charge in [0, 0.05) is 19.2 Å². The Morgan fingerprint density at radius 1 is 1.35 bits per heavy atom. The van der Waals surface area contributed by atoms with Gasteiger partial charge in [-0.2, -0.15) is 5.26 Å². The van der Waals surface area contributed by atoms with E-state index in [0.29, 0.717) is 56.9 Å². The van der Waals surface area contributed by atoms with E-state index in [4.69, 9.17) is 23.2 Å². The highest BCUT2D eigenvalue weighted by Crippen LogP contribution is 2.29. The van der Waals surface area contributed by atoms with Crippen molar-refractivity contribution in [1.29, 1.82) is 5.26 Å². The molecular weight excluding hydrogens is 411 g/mol. The largest absolute Gasteiger partial charge is 0.396 e. The first-order chi connectivity index (χ1) is 14.6. The molecule has 1 aliphatic carbocycles. The number of nitrogens with two attached hydrogens (primary N) is 1. The van der Waals surface area contributed by atoms with Gasteiger partial charge in [-0.15, -0.1) is 0 Å². The van der Waals surface area contributed by atoms with Crippen LogP contribution < -0.4 is 16.4 Å². The minimum Gasteiger partial charge on any atom is -0.396 e. The standard InChI is InChI=1S/C23H21FN6S/c1-12(10-25)20-9-18(28-15(4)30(20)5)14(3)27-11-16-6-7-17(24)19(8-16)29-22-21(26)13(2)23(22)31/h6-9,27,29H,1-4,11,26H2,5H3. The van der Waals surface area contributed by atoms with Crippen molar-refractivity contribution in [3.63, 3.8) is 0 Å². The molecule has 0 fully saturated rings. The van der Waals surface area contributed by atoms with Crippen LogP contribution in [0.2, 0.25) is 0 Å². The molecule has 31 heavy (non-hydrogen) atoms. The first-order valence-electron chi connectivity index (χ1n) is 9.18. The number of rotatable bonds is 7. The van der Waals surface area contributed by atoms with E-state index in [-0.39, 0.29) is 5.69 Å². The summed E-state index contributed by atoms with van der Waals surface area (Å²) in [6, 6.07) is 6.71. The van der Waals surface area contributed by atoms with E-state index in [1.165, 1.54) is 6.07 Å². The smallest absolute Gasteiger partial charge is 0.146 e. The van der Waals surface area contributed by atoms with Crippen LogP contribution in [0.25, 0.3) is 0 Å². The Labute approximate surface area is 185 Å². The number of allylic oxidation sites excluding steroid dienone is 4. The normalized spacial score (nSPS) is 15.6. The lowest BCUT2D eigenvalue weighted by molar-refractivity contribution is 0.523. The van der Waals surface area contributed by atoms with Gasteiger partial charge in [0.1, 0.15) is 17.7 Å². The number of thiocarbonyl (C=S) groups is 1. The molecule has 1 heterocycles. The molecule has 0 saturated heterocycles. The van der Waals surface area contributed by atoms with Crippen LogP contribution in [0.1, 0.15) is 5.56 Å². The number of aliphatic imine (C=N–C) groups is 1. The molecule has 0 atom stereocenters. The van der Waals surface area contributed by atoms with Gasteiger partial charge in [-0.25, -0.2) is 9.38 Å². The Morgan fingerprint density at radius 3 is 2.71 bits per heavy atom. The highest BCUT2D eigenvalue weighted by atomic mass is 32.1. The molecule has 4 N–H and O–H groups in total. The van der Waals surface area contributed by atoms with Gasteiger partial charge in [0.05, 0.1) is 44.6 Å². The van der Waals surface area contributed by atoms with E-state index in [1.54, 1.807) is 30.2 Å². The van der Waals surface area contributed by atoms with Gasteiger partial charge < -0.3 is 21.3 Å². The number of nitriles is 1. The summed E-state index contributed by atoms with van der Waals surface area (Å²) in [6.07, 6.45) is 1.72. The van der Waals surface area contributed by atoms with Crippen LogP contribution in [-0.4, -0.2) is 22.5 Å². The molecule has 1 aromatic carbocycles. The Hall–Kier alpha value is -3.96. The highest BCUT2D eigenvalue weighted by molar-refractivity contribution is 7.81. The fourth-order valence-corrected chi connectivity index (χ4v) is 3.20. The third kappa shape index (κ3) is 4.17.